The largest absolute Gasteiger partial charge is 0.352 e. The van der Waals surface area contributed by atoms with E-state index in [2.05, 4.69) is 46.3 Å². The molecule has 5 rings (SSSR count). The second-order valence-electron chi connectivity index (χ2n) is 10.4. The summed E-state index contributed by atoms with van der Waals surface area (Å²) in [7, 11) is 3.44. The van der Waals surface area contributed by atoms with Crippen LogP contribution >= 0.6 is 11.3 Å². The van der Waals surface area contributed by atoms with Gasteiger partial charge in [0, 0.05) is 51.5 Å². The molecule has 0 bridgehead atoms. The number of hydrogen-bond acceptors (Lipinski definition) is 8. The van der Waals surface area contributed by atoms with Gasteiger partial charge in [-0.25, -0.2) is 19.3 Å². The van der Waals surface area contributed by atoms with Crippen LogP contribution in [0.5, 0.6) is 0 Å². The van der Waals surface area contributed by atoms with Crippen molar-refractivity contribution in [1.82, 2.24) is 40.0 Å². The Hall–Kier alpha value is -4.03. The number of anilines is 1. The van der Waals surface area contributed by atoms with Crippen LogP contribution in [0.15, 0.2) is 48.1 Å². The smallest absolute Gasteiger partial charge is 0.317 e. The van der Waals surface area contributed by atoms with Gasteiger partial charge in [0.05, 0.1) is 34.1 Å². The minimum atomic E-state index is -0.157. The maximum atomic E-state index is 13.4. The van der Waals surface area contributed by atoms with Crippen molar-refractivity contribution in [2.45, 2.75) is 32.9 Å². The number of pyridine rings is 1. The molecule has 0 saturated carbocycles. The topological polar surface area (TPSA) is 111 Å². The molecule has 1 aliphatic rings. The SMILES string of the molecule is CCN(CC)[C@@H](C)CNC(=O)c1cc(-c2cnn3ccc(-c4cccs4)nc23)nc(N2CC(NC(=O)N(C)C)C2)c1. The van der Waals surface area contributed by atoms with Crippen LogP contribution in [-0.2, 0) is 0 Å². The lowest BCUT2D eigenvalue weighted by molar-refractivity contribution is 0.0938. The Balaban J connectivity index is 1.46. The normalized spacial score (nSPS) is 14.2. The van der Waals surface area contributed by atoms with Gasteiger partial charge in [-0.1, -0.05) is 19.9 Å². The number of nitrogens with zero attached hydrogens (tertiary/aromatic N) is 7. The van der Waals surface area contributed by atoms with Crippen molar-refractivity contribution in [1.29, 1.82) is 0 Å². The molecule has 216 valence electrons. The Kier molecular flexibility index (Phi) is 8.50. The van der Waals surface area contributed by atoms with E-state index in [1.165, 1.54) is 4.90 Å². The molecule has 11 nitrogen and oxygen atoms in total. The monoisotopic (exact) mass is 575 g/mol. The van der Waals surface area contributed by atoms with E-state index in [-0.39, 0.29) is 24.0 Å². The third-order valence-electron chi connectivity index (χ3n) is 7.43. The zero-order chi connectivity index (χ0) is 29.1. The summed E-state index contributed by atoms with van der Waals surface area (Å²) in [6, 6.07) is 9.70. The van der Waals surface area contributed by atoms with E-state index in [1.807, 2.05) is 41.9 Å². The maximum Gasteiger partial charge on any atom is 0.317 e. The van der Waals surface area contributed by atoms with Crippen LogP contribution in [0.25, 0.3) is 27.5 Å². The fraction of sp³-hybridized carbons (Fsp3) is 0.414. The number of hydrogen-bond donors (Lipinski definition) is 2. The van der Waals surface area contributed by atoms with Crippen LogP contribution in [0, 0.1) is 0 Å². The van der Waals surface area contributed by atoms with Crippen molar-refractivity contribution < 1.29 is 9.59 Å². The lowest BCUT2D eigenvalue weighted by atomic mass is 10.1. The summed E-state index contributed by atoms with van der Waals surface area (Å²) in [5, 5.41) is 12.6. The van der Waals surface area contributed by atoms with Gasteiger partial charge in [0.25, 0.3) is 5.91 Å². The first-order valence-corrected chi connectivity index (χ1v) is 14.8. The Morgan fingerprint density at radius 2 is 1.90 bits per heavy atom. The van der Waals surface area contributed by atoms with Gasteiger partial charge in [-0.05, 0) is 49.7 Å². The number of rotatable bonds is 10. The van der Waals surface area contributed by atoms with Crippen molar-refractivity contribution in [3.63, 3.8) is 0 Å². The third-order valence-corrected chi connectivity index (χ3v) is 8.32. The van der Waals surface area contributed by atoms with E-state index in [0.717, 1.165) is 29.2 Å². The molecule has 5 heterocycles. The number of carbonyl (C=O) groups excluding carboxylic acids is 2. The quantitative estimate of drug-likeness (QED) is 0.298. The highest BCUT2D eigenvalue weighted by Crippen LogP contribution is 2.30. The lowest BCUT2D eigenvalue weighted by Gasteiger charge is -2.41. The van der Waals surface area contributed by atoms with Crippen LogP contribution in [-0.4, -0.2) is 100 Å². The number of nitrogens with one attached hydrogen (secondary N) is 2. The first-order valence-electron chi connectivity index (χ1n) is 13.9. The second kappa shape index (κ2) is 12.2. The minimum absolute atomic E-state index is 0.00884. The van der Waals surface area contributed by atoms with Crippen molar-refractivity contribution in [2.75, 3.05) is 51.7 Å². The van der Waals surface area contributed by atoms with E-state index in [9.17, 15) is 9.59 Å². The summed E-state index contributed by atoms with van der Waals surface area (Å²) >= 11 is 1.63. The number of carbonyl (C=O) groups is 2. The third kappa shape index (κ3) is 6.18. The zero-order valence-electron chi connectivity index (χ0n) is 24.2. The Labute approximate surface area is 244 Å². The fourth-order valence-corrected chi connectivity index (χ4v) is 5.63. The second-order valence-corrected chi connectivity index (χ2v) is 11.4. The van der Waals surface area contributed by atoms with Gasteiger partial charge in [-0.15, -0.1) is 11.3 Å². The molecule has 1 fully saturated rings. The van der Waals surface area contributed by atoms with Crippen LogP contribution < -0.4 is 15.5 Å². The number of thiophene rings is 1. The van der Waals surface area contributed by atoms with E-state index < -0.39 is 0 Å². The molecule has 0 unspecified atom stereocenters. The minimum Gasteiger partial charge on any atom is -0.352 e. The summed E-state index contributed by atoms with van der Waals surface area (Å²) in [5.74, 6) is 0.518. The molecule has 41 heavy (non-hydrogen) atoms. The van der Waals surface area contributed by atoms with E-state index in [1.54, 1.807) is 36.1 Å². The Bertz CT molecular complexity index is 1510. The number of likely N-dealkylation sites (N-methyl/N-ethyl adjacent to an activating group) is 1. The first kappa shape index (κ1) is 28.5. The molecular formula is C29H37N9O2S. The molecule has 0 radical (unpaired) electrons. The summed E-state index contributed by atoms with van der Waals surface area (Å²) in [6.07, 6.45) is 3.63. The van der Waals surface area contributed by atoms with Gasteiger partial charge in [0.2, 0.25) is 0 Å². The van der Waals surface area contributed by atoms with Crippen LogP contribution in [0.4, 0.5) is 10.6 Å². The number of urea groups is 1. The van der Waals surface area contributed by atoms with Gasteiger partial charge in [0.1, 0.15) is 5.82 Å². The van der Waals surface area contributed by atoms with Crippen molar-refractivity contribution in [3.8, 4) is 21.8 Å². The molecule has 1 saturated heterocycles. The van der Waals surface area contributed by atoms with Crippen LogP contribution in [0.1, 0.15) is 31.1 Å². The molecule has 0 spiro atoms. The highest BCUT2D eigenvalue weighted by atomic mass is 32.1. The average molecular weight is 576 g/mol. The molecule has 3 amide bonds. The predicted molar refractivity (Wildman–Crippen MR) is 162 cm³/mol. The van der Waals surface area contributed by atoms with Gasteiger partial charge < -0.3 is 20.4 Å². The van der Waals surface area contributed by atoms with Crippen molar-refractivity contribution >= 4 is 34.7 Å². The maximum absolute atomic E-state index is 13.4. The Morgan fingerprint density at radius 1 is 1.12 bits per heavy atom. The first-order chi connectivity index (χ1) is 19.8. The Morgan fingerprint density at radius 3 is 2.59 bits per heavy atom. The van der Waals surface area contributed by atoms with Gasteiger partial charge in [-0.2, -0.15) is 5.10 Å². The fourth-order valence-electron chi connectivity index (χ4n) is 4.94. The predicted octanol–water partition coefficient (Wildman–Crippen LogP) is 3.44. The molecule has 2 N–H and O–H groups in total. The highest BCUT2D eigenvalue weighted by Gasteiger charge is 2.30. The molecule has 1 aliphatic heterocycles. The molecule has 12 heteroatoms. The molecule has 4 aromatic rings. The van der Waals surface area contributed by atoms with Crippen LogP contribution in [0.2, 0.25) is 0 Å². The summed E-state index contributed by atoms with van der Waals surface area (Å²) in [6.45, 7) is 9.96. The lowest BCUT2D eigenvalue weighted by Crippen LogP contribution is -2.61. The van der Waals surface area contributed by atoms with Crippen molar-refractivity contribution in [2.24, 2.45) is 0 Å². The molecular weight excluding hydrogens is 538 g/mol. The average Bonchev–Trinajstić information content (AvgIpc) is 3.64. The van der Waals surface area contributed by atoms with E-state index in [4.69, 9.17) is 9.97 Å². The van der Waals surface area contributed by atoms with Gasteiger partial charge in [-0.3, -0.25) is 9.69 Å². The number of amides is 3. The van der Waals surface area contributed by atoms with Gasteiger partial charge >= 0.3 is 6.03 Å². The number of aromatic nitrogens is 4. The molecule has 0 aliphatic carbocycles. The van der Waals surface area contributed by atoms with Gasteiger partial charge in [0.15, 0.2) is 5.65 Å². The zero-order valence-corrected chi connectivity index (χ0v) is 25.0. The number of fused-ring (bicyclic) bond motifs is 1. The molecule has 4 aromatic heterocycles. The standard InChI is InChI=1S/C29H37N9O2S/c1-6-36(7-2)19(3)15-30-28(39)20-13-24(33-26(14-20)37-17-21(18-37)32-29(40)35(4)5)22-16-31-38-11-10-23(34-27(22)38)25-9-8-12-41-25/h8-14,16,19,21H,6-7,15,17-18H2,1-5H3,(H,30,39)(H,32,40)/t19-/m0/s1. The molecule has 0 aromatic carbocycles. The van der Waals surface area contributed by atoms with Crippen LogP contribution in [0.3, 0.4) is 0 Å². The van der Waals surface area contributed by atoms with Crippen molar-refractivity contribution in [3.05, 3.63) is 53.7 Å². The summed E-state index contributed by atoms with van der Waals surface area (Å²) in [5.41, 5.74) is 3.41. The molecule has 1 atom stereocenters. The van der Waals surface area contributed by atoms with E-state index >= 15 is 0 Å². The summed E-state index contributed by atoms with van der Waals surface area (Å²) in [4.78, 5) is 42.3. The summed E-state index contributed by atoms with van der Waals surface area (Å²) < 4.78 is 1.72. The van der Waals surface area contributed by atoms with E-state index in [0.29, 0.717) is 42.4 Å². The highest BCUT2D eigenvalue weighted by molar-refractivity contribution is 7.13.